The highest BCUT2D eigenvalue weighted by Crippen LogP contribution is 2.26. The van der Waals surface area contributed by atoms with Gasteiger partial charge in [0.1, 0.15) is 24.4 Å². The summed E-state index contributed by atoms with van der Waals surface area (Å²) >= 11 is 0. The summed E-state index contributed by atoms with van der Waals surface area (Å²) in [5.41, 5.74) is 0. The van der Waals surface area contributed by atoms with Gasteiger partial charge in [0.05, 0.1) is 18.8 Å². The van der Waals surface area contributed by atoms with Crippen LogP contribution in [0.2, 0.25) is 0 Å². The van der Waals surface area contributed by atoms with E-state index in [1.165, 1.54) is 0 Å². The molecule has 5 N–H and O–H groups in total. The number of rotatable bonds is 4. The number of aliphatic hydroxyl groups excluding tert-OH is 4. The van der Waals surface area contributed by atoms with Gasteiger partial charge in [0.15, 0.2) is 6.10 Å². The molecule has 0 aromatic rings. The fourth-order valence-electron chi connectivity index (χ4n) is 2.56. The second-order valence-corrected chi connectivity index (χ2v) is 5.27. The Hall–Kier alpha value is -1.03. The predicted molar refractivity (Wildman–Crippen MR) is 68.4 cm³/mol. The number of hydrogen-bond acceptors (Lipinski definition) is 7. The van der Waals surface area contributed by atoms with E-state index in [1.807, 2.05) is 0 Å². The highest BCUT2D eigenvalue weighted by molar-refractivity contribution is 5.72. The number of hydrogen-bond donors (Lipinski definition) is 5. The zero-order chi connectivity index (χ0) is 15.6. The molecule has 0 radical (unpaired) electrons. The largest absolute Gasteiger partial charge is 0.479 e. The van der Waals surface area contributed by atoms with E-state index in [1.54, 1.807) is 12.2 Å². The molecule has 0 spiro atoms. The van der Waals surface area contributed by atoms with Crippen LogP contribution < -0.4 is 0 Å². The zero-order valence-electron chi connectivity index (χ0n) is 11.3. The lowest BCUT2D eigenvalue weighted by molar-refractivity contribution is -0.235. The first-order valence-electron chi connectivity index (χ1n) is 6.79. The summed E-state index contributed by atoms with van der Waals surface area (Å²) in [4.78, 5) is 10.9. The van der Waals surface area contributed by atoms with E-state index in [-0.39, 0.29) is 12.8 Å². The number of carboxylic acids is 1. The van der Waals surface area contributed by atoms with Crippen molar-refractivity contribution in [1.82, 2.24) is 0 Å². The van der Waals surface area contributed by atoms with Gasteiger partial charge >= 0.3 is 5.97 Å². The van der Waals surface area contributed by atoms with Crippen LogP contribution in [0.3, 0.4) is 0 Å². The molecule has 2 rings (SSSR count). The second-order valence-electron chi connectivity index (χ2n) is 5.27. The molecule has 1 fully saturated rings. The third kappa shape index (κ3) is 3.60. The molecule has 120 valence electrons. The molecular formula is C13H20O8. The van der Waals surface area contributed by atoms with Gasteiger partial charge in [-0.3, -0.25) is 0 Å². The van der Waals surface area contributed by atoms with Crippen molar-refractivity contribution < 1.29 is 39.8 Å². The fourth-order valence-corrected chi connectivity index (χ4v) is 2.56. The minimum atomic E-state index is -1.44. The van der Waals surface area contributed by atoms with Gasteiger partial charge in [-0.05, 0) is 0 Å². The SMILES string of the molecule is O=C(O)C1CC=CC(C[C@H]2O[C@H](CO)[C@@H](O)[C@H](O)[C@H]2O)O1. The molecule has 0 aromatic carbocycles. The average Bonchev–Trinajstić information content (AvgIpc) is 2.48. The summed E-state index contributed by atoms with van der Waals surface area (Å²) < 4.78 is 10.7. The number of carbonyl (C=O) groups is 1. The maximum atomic E-state index is 10.9. The number of aliphatic carboxylic acids is 1. The first-order valence-corrected chi connectivity index (χ1v) is 6.79. The first kappa shape index (κ1) is 16.3. The van der Waals surface area contributed by atoms with Gasteiger partial charge in [-0.1, -0.05) is 12.2 Å². The van der Waals surface area contributed by atoms with Crippen molar-refractivity contribution in [3.05, 3.63) is 12.2 Å². The maximum Gasteiger partial charge on any atom is 0.333 e. The highest BCUT2D eigenvalue weighted by atomic mass is 16.6. The number of ether oxygens (including phenoxy) is 2. The molecule has 8 nitrogen and oxygen atoms in total. The van der Waals surface area contributed by atoms with Crippen molar-refractivity contribution in [2.45, 2.75) is 55.6 Å². The van der Waals surface area contributed by atoms with Crippen LogP contribution in [0.5, 0.6) is 0 Å². The summed E-state index contributed by atoms with van der Waals surface area (Å²) in [7, 11) is 0. The van der Waals surface area contributed by atoms with Crippen LogP contribution in [0.15, 0.2) is 12.2 Å². The average molecular weight is 304 g/mol. The molecule has 21 heavy (non-hydrogen) atoms. The third-order valence-electron chi connectivity index (χ3n) is 3.77. The first-order chi connectivity index (χ1) is 9.93. The monoisotopic (exact) mass is 304 g/mol. The van der Waals surface area contributed by atoms with Crippen LogP contribution in [-0.2, 0) is 14.3 Å². The maximum absolute atomic E-state index is 10.9. The topological polar surface area (TPSA) is 137 Å². The van der Waals surface area contributed by atoms with Crippen molar-refractivity contribution in [1.29, 1.82) is 0 Å². The molecule has 1 saturated heterocycles. The molecule has 2 heterocycles. The smallest absolute Gasteiger partial charge is 0.333 e. The van der Waals surface area contributed by atoms with Gasteiger partial charge in [0, 0.05) is 12.8 Å². The normalized spacial score (nSPS) is 43.7. The minimum Gasteiger partial charge on any atom is -0.479 e. The molecule has 0 amide bonds. The summed E-state index contributed by atoms with van der Waals surface area (Å²) in [6.07, 6.45) is -3.85. The molecule has 0 saturated carbocycles. The van der Waals surface area contributed by atoms with Crippen LogP contribution in [0.25, 0.3) is 0 Å². The van der Waals surface area contributed by atoms with Gasteiger partial charge in [-0.15, -0.1) is 0 Å². The van der Waals surface area contributed by atoms with Crippen molar-refractivity contribution in [2.75, 3.05) is 6.61 Å². The van der Waals surface area contributed by atoms with Gasteiger partial charge in [0.2, 0.25) is 0 Å². The Morgan fingerprint density at radius 3 is 2.38 bits per heavy atom. The summed E-state index contributed by atoms with van der Waals surface area (Å²) in [5.74, 6) is -1.07. The quantitative estimate of drug-likeness (QED) is 0.377. The van der Waals surface area contributed by atoms with E-state index in [4.69, 9.17) is 19.7 Å². The molecule has 2 aliphatic rings. The molecule has 8 heteroatoms. The van der Waals surface area contributed by atoms with E-state index in [0.717, 1.165) is 0 Å². The van der Waals surface area contributed by atoms with E-state index >= 15 is 0 Å². The minimum absolute atomic E-state index is 0.113. The Balaban J connectivity index is 1.99. The Morgan fingerprint density at radius 2 is 1.76 bits per heavy atom. The second kappa shape index (κ2) is 6.82. The van der Waals surface area contributed by atoms with Crippen molar-refractivity contribution in [3.8, 4) is 0 Å². The third-order valence-corrected chi connectivity index (χ3v) is 3.77. The van der Waals surface area contributed by atoms with Crippen molar-refractivity contribution in [3.63, 3.8) is 0 Å². The van der Waals surface area contributed by atoms with Crippen molar-refractivity contribution in [2.24, 2.45) is 0 Å². The van der Waals surface area contributed by atoms with Crippen LogP contribution in [-0.4, -0.2) is 80.8 Å². The van der Waals surface area contributed by atoms with E-state index < -0.39 is 55.3 Å². The summed E-state index contributed by atoms with van der Waals surface area (Å²) in [6, 6.07) is 0. The summed E-state index contributed by atoms with van der Waals surface area (Å²) in [5, 5.41) is 47.3. The lowest BCUT2D eigenvalue weighted by Gasteiger charge is -2.41. The molecule has 2 unspecified atom stereocenters. The van der Waals surface area contributed by atoms with E-state index in [9.17, 15) is 20.1 Å². The van der Waals surface area contributed by atoms with Crippen LogP contribution in [0.4, 0.5) is 0 Å². The van der Waals surface area contributed by atoms with Crippen LogP contribution in [0, 0.1) is 0 Å². The molecule has 2 aliphatic heterocycles. The molecule has 7 atom stereocenters. The lowest BCUT2D eigenvalue weighted by atomic mass is 9.91. The fraction of sp³-hybridized carbons (Fsp3) is 0.769. The highest BCUT2D eigenvalue weighted by Gasteiger charge is 2.44. The lowest BCUT2D eigenvalue weighted by Crippen LogP contribution is -2.59. The van der Waals surface area contributed by atoms with Crippen LogP contribution >= 0.6 is 0 Å². The number of carboxylic acid groups (broad SMARTS) is 1. The van der Waals surface area contributed by atoms with Gasteiger partial charge in [-0.2, -0.15) is 0 Å². The molecule has 0 bridgehead atoms. The van der Waals surface area contributed by atoms with Crippen molar-refractivity contribution >= 4 is 5.97 Å². The zero-order valence-corrected chi connectivity index (χ0v) is 11.3. The summed E-state index contributed by atoms with van der Waals surface area (Å²) in [6.45, 7) is -0.499. The van der Waals surface area contributed by atoms with Gasteiger partial charge in [-0.25, -0.2) is 4.79 Å². The standard InChI is InChI=1S/C13H20O8/c14-5-9-11(16)12(17)10(15)8(21-9)4-6-2-1-3-7(20-6)13(18)19/h1-2,6-12,14-17H,3-5H2,(H,18,19)/t6?,7?,8-,9-,10+,11-,12-/m1/s1. The predicted octanol–water partition coefficient (Wildman–Crippen LogP) is -1.98. The van der Waals surface area contributed by atoms with E-state index in [0.29, 0.717) is 0 Å². The van der Waals surface area contributed by atoms with Gasteiger partial charge < -0.3 is 35.0 Å². The van der Waals surface area contributed by atoms with Gasteiger partial charge in [0.25, 0.3) is 0 Å². The Bertz CT molecular complexity index is 396. The number of aliphatic hydroxyl groups is 4. The Kier molecular flexibility index (Phi) is 5.31. The van der Waals surface area contributed by atoms with Crippen LogP contribution in [0.1, 0.15) is 12.8 Å². The Morgan fingerprint density at radius 1 is 1.10 bits per heavy atom. The molecule has 0 aromatic heterocycles. The molecular weight excluding hydrogens is 284 g/mol. The van der Waals surface area contributed by atoms with E-state index in [2.05, 4.69) is 0 Å². The Labute approximate surface area is 121 Å². The molecule has 0 aliphatic carbocycles.